The Balaban J connectivity index is 1.39. The molecule has 12 heteroatoms. The number of aromatic nitrogens is 4. The van der Waals surface area contributed by atoms with Crippen LogP contribution in [0.2, 0.25) is 0 Å². The van der Waals surface area contributed by atoms with Gasteiger partial charge in [-0.3, -0.25) is 4.79 Å². The summed E-state index contributed by atoms with van der Waals surface area (Å²) < 4.78 is 2.50. The Kier molecular flexibility index (Phi) is 5.32. The zero-order valence-electron chi connectivity index (χ0n) is 19.4. The summed E-state index contributed by atoms with van der Waals surface area (Å²) in [6.07, 6.45) is 1.75. The van der Waals surface area contributed by atoms with Gasteiger partial charge in [0.25, 0.3) is 0 Å². The van der Waals surface area contributed by atoms with Gasteiger partial charge in [0, 0.05) is 11.4 Å². The van der Waals surface area contributed by atoms with Crippen molar-refractivity contribution >= 4 is 62.0 Å². The number of fused-ring (bicyclic) bond motifs is 2. The normalized spacial score (nSPS) is 12.6. The van der Waals surface area contributed by atoms with Gasteiger partial charge in [0.2, 0.25) is 11.0 Å². The van der Waals surface area contributed by atoms with E-state index in [9.17, 15) is 10.1 Å². The van der Waals surface area contributed by atoms with E-state index in [1.807, 2.05) is 49.4 Å². The van der Waals surface area contributed by atoms with Crippen LogP contribution in [0, 0.1) is 18.3 Å². The van der Waals surface area contributed by atoms with Gasteiger partial charge in [-0.2, -0.15) is 15.0 Å². The lowest BCUT2D eigenvalue weighted by molar-refractivity contribution is -0.115. The number of nitrogens with one attached hydrogen (secondary N) is 2. The molecule has 0 fully saturated rings. The molecular weight excluding hydrogens is 488 g/mol. The number of benzene rings is 2. The number of aryl methyl sites for hydroxylation is 1. The monoisotopic (exact) mass is 506 g/mol. The molecule has 11 nitrogen and oxygen atoms in total. The van der Waals surface area contributed by atoms with Crippen molar-refractivity contribution in [3.05, 3.63) is 71.4 Å². The number of anilines is 4. The van der Waals surface area contributed by atoms with Crippen LogP contribution in [-0.4, -0.2) is 25.7 Å². The quantitative estimate of drug-likeness (QED) is 0.273. The fraction of sp³-hybridized carbons (Fsp3) is 0.0800. The Labute approximate surface area is 214 Å². The lowest BCUT2D eigenvalue weighted by Crippen LogP contribution is -2.03. The Hall–Kier alpha value is -5.15. The van der Waals surface area contributed by atoms with Crippen molar-refractivity contribution in [2.45, 2.75) is 13.3 Å². The highest BCUT2D eigenvalue weighted by Gasteiger charge is 2.19. The first kappa shape index (κ1) is 22.3. The third-order valence-corrected chi connectivity index (χ3v) is 6.78. The second-order valence-electron chi connectivity index (χ2n) is 8.35. The Morgan fingerprint density at radius 3 is 2.89 bits per heavy atom. The van der Waals surface area contributed by atoms with E-state index in [1.54, 1.807) is 6.07 Å². The number of carbonyl (C=O) groups excluding carboxylic acids is 1. The number of hydrogen-bond acceptors (Lipinski definition) is 10. The van der Waals surface area contributed by atoms with Crippen molar-refractivity contribution in [3.8, 4) is 11.2 Å². The molecule has 0 saturated carbocycles. The number of azo groups is 1. The average Bonchev–Trinajstić information content (AvgIpc) is 3.58. The van der Waals surface area contributed by atoms with E-state index in [0.29, 0.717) is 28.9 Å². The van der Waals surface area contributed by atoms with Crippen LogP contribution in [0.15, 0.2) is 65.0 Å². The summed E-state index contributed by atoms with van der Waals surface area (Å²) in [6.45, 7) is 1.85. The van der Waals surface area contributed by atoms with E-state index < -0.39 is 0 Å². The molecule has 0 bridgehead atoms. The molecule has 5 aromatic rings. The molecule has 37 heavy (non-hydrogen) atoms. The second-order valence-corrected chi connectivity index (χ2v) is 9.36. The molecule has 4 N–H and O–H groups in total. The van der Waals surface area contributed by atoms with Crippen LogP contribution in [0.3, 0.4) is 0 Å². The largest absolute Gasteiger partial charge is 0.384 e. The number of pyridine rings is 1. The minimum absolute atomic E-state index is 0.0439. The molecule has 2 aromatic carbocycles. The van der Waals surface area contributed by atoms with Crippen LogP contribution >= 0.6 is 11.3 Å². The number of nitrogens with two attached hydrogens (primary N) is 1. The van der Waals surface area contributed by atoms with Crippen molar-refractivity contribution < 1.29 is 4.79 Å². The first-order chi connectivity index (χ1) is 18.0. The summed E-state index contributed by atoms with van der Waals surface area (Å²) in [5, 5.41) is 29.5. The van der Waals surface area contributed by atoms with Gasteiger partial charge in [-0.05, 0) is 54.4 Å². The van der Waals surface area contributed by atoms with Crippen LogP contribution in [0.5, 0.6) is 0 Å². The number of carbonyl (C=O) groups is 1. The second kappa shape index (κ2) is 8.81. The molecule has 1 aliphatic heterocycles. The van der Waals surface area contributed by atoms with Gasteiger partial charge in [-0.25, -0.2) is 9.97 Å². The zero-order valence-corrected chi connectivity index (χ0v) is 20.2. The van der Waals surface area contributed by atoms with E-state index in [1.165, 1.54) is 22.2 Å². The maximum absolute atomic E-state index is 11.7. The molecule has 3 aromatic heterocycles. The number of amides is 1. The fourth-order valence-electron chi connectivity index (χ4n) is 4.05. The molecule has 0 saturated heterocycles. The number of nitrogens with zero attached hydrogens (tertiary/aromatic N) is 7. The molecule has 0 spiro atoms. The topological polar surface area (TPSA) is 159 Å². The van der Waals surface area contributed by atoms with Crippen molar-refractivity contribution in [1.29, 1.82) is 5.26 Å². The van der Waals surface area contributed by atoms with Gasteiger partial charge in [-0.1, -0.05) is 23.5 Å². The minimum atomic E-state index is -0.0439. The maximum Gasteiger partial charge on any atom is 0.228 e. The lowest BCUT2D eigenvalue weighted by Gasteiger charge is -2.12. The lowest BCUT2D eigenvalue weighted by atomic mass is 10.1. The van der Waals surface area contributed by atoms with Crippen molar-refractivity contribution in [3.63, 3.8) is 0 Å². The van der Waals surface area contributed by atoms with Crippen LogP contribution in [0.25, 0.3) is 15.3 Å². The van der Waals surface area contributed by atoms with Gasteiger partial charge in [0.15, 0.2) is 11.6 Å². The van der Waals surface area contributed by atoms with Gasteiger partial charge < -0.3 is 16.4 Å². The van der Waals surface area contributed by atoms with E-state index >= 15 is 0 Å². The summed E-state index contributed by atoms with van der Waals surface area (Å²) in [4.78, 5) is 20.8. The predicted octanol–water partition coefficient (Wildman–Crippen LogP) is 5.29. The number of thiazole rings is 1. The molecule has 1 aliphatic rings. The van der Waals surface area contributed by atoms with Gasteiger partial charge >= 0.3 is 0 Å². The molecule has 1 amide bonds. The smallest absolute Gasteiger partial charge is 0.228 e. The van der Waals surface area contributed by atoms with Crippen molar-refractivity contribution in [2.24, 2.45) is 10.2 Å². The fourth-order valence-corrected chi connectivity index (χ4v) is 4.98. The summed E-state index contributed by atoms with van der Waals surface area (Å²) in [5.74, 6) is 0.917. The maximum atomic E-state index is 11.7. The molecule has 0 unspecified atom stereocenters. The Morgan fingerprint density at radius 2 is 2.05 bits per heavy atom. The molecule has 6 rings (SSSR count). The summed E-state index contributed by atoms with van der Waals surface area (Å²) >= 11 is 1.44. The van der Waals surface area contributed by atoms with Crippen LogP contribution < -0.4 is 16.4 Å². The predicted molar refractivity (Wildman–Crippen MR) is 141 cm³/mol. The third kappa shape index (κ3) is 4.13. The molecule has 0 aliphatic carbocycles. The molecule has 0 radical (unpaired) electrons. The average molecular weight is 507 g/mol. The van der Waals surface area contributed by atoms with E-state index in [2.05, 4.69) is 42.0 Å². The van der Waals surface area contributed by atoms with Gasteiger partial charge in [-0.15, -0.1) is 10.2 Å². The van der Waals surface area contributed by atoms with Gasteiger partial charge in [0.1, 0.15) is 23.1 Å². The van der Waals surface area contributed by atoms with Crippen LogP contribution in [-0.2, 0) is 11.2 Å². The zero-order chi connectivity index (χ0) is 25.5. The highest BCUT2D eigenvalue weighted by atomic mass is 32.1. The highest BCUT2D eigenvalue weighted by Crippen LogP contribution is 2.36. The van der Waals surface area contributed by atoms with E-state index in [4.69, 9.17) is 5.73 Å². The number of nitriles is 1. The van der Waals surface area contributed by atoms with Crippen LogP contribution in [0.4, 0.5) is 34.5 Å². The first-order valence-corrected chi connectivity index (χ1v) is 12.0. The van der Waals surface area contributed by atoms with E-state index in [0.717, 1.165) is 32.7 Å². The first-order valence-electron chi connectivity index (χ1n) is 11.2. The minimum Gasteiger partial charge on any atom is -0.384 e. The Bertz CT molecular complexity index is 1750. The summed E-state index contributed by atoms with van der Waals surface area (Å²) in [7, 11) is 0. The van der Waals surface area contributed by atoms with E-state index in [-0.39, 0.29) is 17.3 Å². The molecule has 180 valence electrons. The Morgan fingerprint density at radius 1 is 1.19 bits per heavy atom. The molecule has 0 atom stereocenters. The molecular formula is C25H18N10OS. The van der Waals surface area contributed by atoms with Crippen molar-refractivity contribution in [1.82, 2.24) is 19.7 Å². The number of nitrogen functional groups attached to an aromatic ring is 1. The van der Waals surface area contributed by atoms with Crippen molar-refractivity contribution in [2.75, 3.05) is 16.4 Å². The summed E-state index contributed by atoms with van der Waals surface area (Å²) in [6, 6.07) is 17.1. The standard InChI is InChI=1S/C25H18N10OS/c1-13-8-20(27)32-23(29-16-6-7-17-14(9-16)10-21(36)30-17)22(13)33-34-24-15(11-26)12-28-35(24)25-31-18-4-2-3-5-19(18)37-25/h2-9,12H,10H2,1H3,(H,30,36)(H3,27,29,32). The SMILES string of the molecule is Cc1cc(N)nc(Nc2ccc3c(c2)CC(=O)N3)c1N=Nc1c(C#N)cnn1-c1nc2ccccc2s1. The number of hydrogen-bond donors (Lipinski definition) is 3. The molecule has 4 heterocycles. The number of rotatable bonds is 5. The number of para-hydroxylation sites is 1. The van der Waals surface area contributed by atoms with Gasteiger partial charge in [0.05, 0.1) is 22.8 Å². The van der Waals surface area contributed by atoms with Crippen LogP contribution in [0.1, 0.15) is 16.7 Å². The highest BCUT2D eigenvalue weighted by molar-refractivity contribution is 7.20. The third-order valence-electron chi connectivity index (χ3n) is 5.77. The summed E-state index contributed by atoms with van der Waals surface area (Å²) in [5.41, 5.74) is 10.7.